The zero-order chi connectivity index (χ0) is 14.1. The minimum Gasteiger partial charge on any atom is -0.399 e. The van der Waals surface area contributed by atoms with Crippen LogP contribution in [-0.2, 0) is 4.79 Å². The van der Waals surface area contributed by atoms with E-state index < -0.39 is 0 Å². The summed E-state index contributed by atoms with van der Waals surface area (Å²) in [7, 11) is 0. The number of nitrogen functional groups attached to an aromatic ring is 1. The van der Waals surface area contributed by atoms with Gasteiger partial charge in [0.05, 0.1) is 12.2 Å². The van der Waals surface area contributed by atoms with E-state index in [1.165, 1.54) is 19.3 Å². The van der Waals surface area contributed by atoms with Crippen LogP contribution < -0.4 is 11.1 Å². The van der Waals surface area contributed by atoms with Crippen molar-refractivity contribution >= 4 is 33.2 Å². The first-order chi connectivity index (χ1) is 9.61. The van der Waals surface area contributed by atoms with Crippen LogP contribution in [-0.4, -0.2) is 30.4 Å². The predicted octanol–water partition coefficient (Wildman–Crippen LogP) is 2.70. The van der Waals surface area contributed by atoms with Crippen LogP contribution in [0, 0.1) is 11.8 Å². The van der Waals surface area contributed by atoms with Gasteiger partial charge >= 0.3 is 0 Å². The predicted molar refractivity (Wildman–Crippen MR) is 84.5 cm³/mol. The van der Waals surface area contributed by atoms with Gasteiger partial charge < -0.3 is 11.1 Å². The number of rotatable bonds is 3. The second kappa shape index (κ2) is 5.74. The van der Waals surface area contributed by atoms with E-state index in [9.17, 15) is 4.79 Å². The minimum atomic E-state index is 0.0513. The van der Waals surface area contributed by atoms with Crippen molar-refractivity contribution in [3.63, 3.8) is 0 Å². The molecule has 1 aliphatic carbocycles. The van der Waals surface area contributed by atoms with Gasteiger partial charge in [0.25, 0.3) is 0 Å². The van der Waals surface area contributed by atoms with Crippen LogP contribution in [0.5, 0.6) is 0 Å². The second-order valence-electron chi connectivity index (χ2n) is 5.93. The lowest BCUT2D eigenvalue weighted by Crippen LogP contribution is -2.32. The Labute approximate surface area is 127 Å². The minimum absolute atomic E-state index is 0.0513. The molecule has 0 aromatic heterocycles. The Morgan fingerprint density at radius 3 is 2.70 bits per heavy atom. The van der Waals surface area contributed by atoms with Gasteiger partial charge in [0.2, 0.25) is 5.91 Å². The third-order valence-electron chi connectivity index (χ3n) is 4.44. The van der Waals surface area contributed by atoms with Crippen molar-refractivity contribution in [2.45, 2.75) is 19.3 Å². The number of likely N-dealkylation sites (tertiary alicyclic amines) is 1. The Bertz CT molecular complexity index is 508. The van der Waals surface area contributed by atoms with Crippen molar-refractivity contribution in [3.05, 3.63) is 22.7 Å². The Kier molecular flexibility index (Phi) is 3.98. The van der Waals surface area contributed by atoms with Crippen molar-refractivity contribution in [2.24, 2.45) is 11.8 Å². The topological polar surface area (TPSA) is 58.4 Å². The summed E-state index contributed by atoms with van der Waals surface area (Å²) >= 11 is 3.42. The van der Waals surface area contributed by atoms with Crippen molar-refractivity contribution in [1.82, 2.24) is 4.90 Å². The molecule has 1 aromatic carbocycles. The molecule has 3 N–H and O–H groups in total. The van der Waals surface area contributed by atoms with Crippen LogP contribution in [0.25, 0.3) is 0 Å². The average molecular weight is 338 g/mol. The van der Waals surface area contributed by atoms with Gasteiger partial charge in [-0.15, -0.1) is 0 Å². The van der Waals surface area contributed by atoms with Gasteiger partial charge in [-0.2, -0.15) is 0 Å². The number of amides is 1. The van der Waals surface area contributed by atoms with Gasteiger partial charge in [0, 0.05) is 23.2 Å². The van der Waals surface area contributed by atoms with Crippen molar-refractivity contribution in [2.75, 3.05) is 30.7 Å². The van der Waals surface area contributed by atoms with Crippen LogP contribution in [0.3, 0.4) is 0 Å². The van der Waals surface area contributed by atoms with Gasteiger partial charge in [-0.3, -0.25) is 9.69 Å². The molecule has 1 heterocycles. The number of hydrogen-bond donors (Lipinski definition) is 2. The van der Waals surface area contributed by atoms with Crippen molar-refractivity contribution < 1.29 is 4.79 Å². The average Bonchev–Trinajstić information content (AvgIpc) is 2.93. The summed E-state index contributed by atoms with van der Waals surface area (Å²) < 4.78 is 0.823. The van der Waals surface area contributed by atoms with Crippen LogP contribution >= 0.6 is 15.9 Å². The highest BCUT2D eigenvalue weighted by Gasteiger charge is 2.36. The van der Waals surface area contributed by atoms with E-state index in [0.29, 0.717) is 12.2 Å². The maximum atomic E-state index is 12.1. The molecular formula is C15H20BrN3O. The van der Waals surface area contributed by atoms with E-state index >= 15 is 0 Å². The summed E-state index contributed by atoms with van der Waals surface area (Å²) in [4.78, 5) is 14.4. The summed E-state index contributed by atoms with van der Waals surface area (Å²) in [5.74, 6) is 1.70. The van der Waals surface area contributed by atoms with E-state index in [4.69, 9.17) is 5.73 Å². The fourth-order valence-electron chi connectivity index (χ4n) is 3.49. The number of carbonyl (C=O) groups excluding carboxylic acids is 1. The lowest BCUT2D eigenvalue weighted by molar-refractivity contribution is -0.117. The molecule has 3 rings (SSSR count). The molecule has 0 bridgehead atoms. The van der Waals surface area contributed by atoms with E-state index in [-0.39, 0.29) is 5.91 Å². The largest absolute Gasteiger partial charge is 0.399 e. The number of carbonyl (C=O) groups is 1. The highest BCUT2D eigenvalue weighted by Crippen LogP contribution is 2.37. The zero-order valence-corrected chi connectivity index (χ0v) is 13.0. The van der Waals surface area contributed by atoms with Gasteiger partial charge in [-0.05, 0) is 58.8 Å². The Morgan fingerprint density at radius 2 is 2.05 bits per heavy atom. The van der Waals surface area contributed by atoms with Gasteiger partial charge in [-0.1, -0.05) is 6.42 Å². The fourth-order valence-corrected chi connectivity index (χ4v) is 3.98. The Hall–Kier alpha value is -1.07. The van der Waals surface area contributed by atoms with Crippen LogP contribution in [0.15, 0.2) is 22.7 Å². The number of benzene rings is 1. The first-order valence-corrected chi connectivity index (χ1v) is 7.98. The molecule has 20 heavy (non-hydrogen) atoms. The second-order valence-corrected chi connectivity index (χ2v) is 6.79. The van der Waals surface area contributed by atoms with E-state index in [1.807, 2.05) is 6.07 Å². The number of hydrogen-bond acceptors (Lipinski definition) is 3. The molecular weight excluding hydrogens is 318 g/mol. The van der Waals surface area contributed by atoms with Gasteiger partial charge in [0.1, 0.15) is 0 Å². The smallest absolute Gasteiger partial charge is 0.238 e. The third kappa shape index (κ3) is 2.99. The number of nitrogens with two attached hydrogens (primary N) is 1. The first kappa shape index (κ1) is 13.9. The Morgan fingerprint density at radius 1 is 1.35 bits per heavy atom. The molecule has 4 nitrogen and oxygen atoms in total. The highest BCUT2D eigenvalue weighted by molar-refractivity contribution is 9.10. The normalized spacial score (nSPS) is 25.6. The highest BCUT2D eigenvalue weighted by atomic mass is 79.9. The molecule has 0 spiro atoms. The summed E-state index contributed by atoms with van der Waals surface area (Å²) in [6.45, 7) is 2.66. The number of nitrogens with one attached hydrogen (secondary N) is 1. The number of halogens is 1. The maximum Gasteiger partial charge on any atom is 0.238 e. The summed E-state index contributed by atoms with van der Waals surface area (Å²) in [5.41, 5.74) is 7.16. The molecule has 108 valence electrons. The van der Waals surface area contributed by atoms with Crippen LogP contribution in [0.2, 0.25) is 0 Å². The van der Waals surface area contributed by atoms with Crippen molar-refractivity contribution in [1.29, 1.82) is 0 Å². The molecule has 1 aliphatic heterocycles. The molecule has 1 aromatic rings. The molecule has 2 aliphatic rings. The van der Waals surface area contributed by atoms with Crippen molar-refractivity contribution in [3.8, 4) is 0 Å². The lowest BCUT2D eigenvalue weighted by atomic mass is 10.0. The van der Waals surface area contributed by atoms with E-state index in [2.05, 4.69) is 26.1 Å². The standard InChI is InChI=1S/C15H20BrN3O/c16-13-6-12(17)4-5-14(13)18-15(20)9-19-7-10-2-1-3-11(10)8-19/h4-6,10-11H,1-3,7-9,17H2,(H,18,20). The molecule has 2 atom stereocenters. The molecule has 2 fully saturated rings. The zero-order valence-electron chi connectivity index (χ0n) is 11.4. The fraction of sp³-hybridized carbons (Fsp3) is 0.533. The Balaban J connectivity index is 1.55. The van der Waals surface area contributed by atoms with Gasteiger partial charge in [-0.25, -0.2) is 0 Å². The quantitative estimate of drug-likeness (QED) is 0.833. The lowest BCUT2D eigenvalue weighted by Gasteiger charge is -2.16. The summed E-state index contributed by atoms with van der Waals surface area (Å²) in [6.07, 6.45) is 4.05. The molecule has 0 radical (unpaired) electrons. The summed E-state index contributed by atoms with van der Waals surface area (Å²) in [5, 5.41) is 2.95. The number of anilines is 2. The summed E-state index contributed by atoms with van der Waals surface area (Å²) in [6, 6.07) is 5.42. The van der Waals surface area contributed by atoms with E-state index in [1.54, 1.807) is 12.1 Å². The monoisotopic (exact) mass is 337 g/mol. The molecule has 1 saturated carbocycles. The van der Waals surface area contributed by atoms with E-state index in [0.717, 1.165) is 35.1 Å². The van der Waals surface area contributed by atoms with Crippen LogP contribution in [0.1, 0.15) is 19.3 Å². The first-order valence-electron chi connectivity index (χ1n) is 7.19. The van der Waals surface area contributed by atoms with Gasteiger partial charge in [0.15, 0.2) is 0 Å². The third-order valence-corrected chi connectivity index (χ3v) is 5.09. The number of nitrogens with zero attached hydrogens (tertiary/aromatic N) is 1. The maximum absolute atomic E-state index is 12.1. The molecule has 1 amide bonds. The molecule has 5 heteroatoms. The van der Waals surface area contributed by atoms with Crippen LogP contribution in [0.4, 0.5) is 11.4 Å². The SMILES string of the molecule is Nc1ccc(NC(=O)CN2CC3CCCC3C2)c(Br)c1. The molecule has 1 saturated heterocycles. The molecule has 2 unspecified atom stereocenters. The number of fused-ring (bicyclic) bond motifs is 1.